The summed E-state index contributed by atoms with van der Waals surface area (Å²) in [4.78, 5) is 24.4. The van der Waals surface area contributed by atoms with E-state index >= 15 is 0 Å². The largest absolute Gasteiger partial charge is 0.480 e. The molecular formula is C10H15NO4S. The number of ether oxygens (including phenoxy) is 1. The summed E-state index contributed by atoms with van der Waals surface area (Å²) in [5.41, 5.74) is 0. The molecule has 2 fully saturated rings. The molecule has 5 nitrogen and oxygen atoms in total. The summed E-state index contributed by atoms with van der Waals surface area (Å²) in [7, 11) is 0. The van der Waals surface area contributed by atoms with Crippen LogP contribution in [0.4, 0.5) is 0 Å². The fraction of sp³-hybridized carbons (Fsp3) is 0.800. The van der Waals surface area contributed by atoms with Crippen molar-refractivity contribution >= 4 is 23.6 Å². The molecule has 0 aliphatic carbocycles. The van der Waals surface area contributed by atoms with Crippen molar-refractivity contribution in [3.63, 3.8) is 0 Å². The Kier molecular flexibility index (Phi) is 3.70. The molecule has 0 radical (unpaired) electrons. The zero-order valence-electron chi connectivity index (χ0n) is 8.92. The van der Waals surface area contributed by atoms with Gasteiger partial charge in [0.15, 0.2) is 0 Å². The second kappa shape index (κ2) is 5.05. The molecule has 2 aliphatic heterocycles. The predicted molar refractivity (Wildman–Crippen MR) is 59.2 cm³/mol. The number of hydrogen-bond acceptors (Lipinski definition) is 4. The molecule has 2 rings (SSSR count). The van der Waals surface area contributed by atoms with Gasteiger partial charge in [-0.15, -0.1) is 11.8 Å². The minimum atomic E-state index is -0.922. The van der Waals surface area contributed by atoms with Crippen LogP contribution in [-0.4, -0.2) is 52.3 Å². The van der Waals surface area contributed by atoms with Gasteiger partial charge in [-0.2, -0.15) is 0 Å². The average molecular weight is 245 g/mol. The van der Waals surface area contributed by atoms with Gasteiger partial charge in [0, 0.05) is 12.4 Å². The fourth-order valence-electron chi connectivity index (χ4n) is 1.98. The van der Waals surface area contributed by atoms with Gasteiger partial charge in [0.25, 0.3) is 5.91 Å². The van der Waals surface area contributed by atoms with E-state index in [1.54, 1.807) is 0 Å². The highest BCUT2D eigenvalue weighted by molar-refractivity contribution is 7.99. The van der Waals surface area contributed by atoms with Crippen molar-refractivity contribution in [3.05, 3.63) is 0 Å². The lowest BCUT2D eigenvalue weighted by atomic mass is 10.1. The van der Waals surface area contributed by atoms with Gasteiger partial charge in [-0.3, -0.25) is 4.79 Å². The van der Waals surface area contributed by atoms with Gasteiger partial charge in [0.05, 0.1) is 5.88 Å². The number of nitrogens with zero attached hydrogens (tertiary/aromatic N) is 1. The van der Waals surface area contributed by atoms with Crippen molar-refractivity contribution in [1.29, 1.82) is 0 Å². The van der Waals surface area contributed by atoms with E-state index in [1.165, 1.54) is 16.7 Å². The topological polar surface area (TPSA) is 66.8 Å². The van der Waals surface area contributed by atoms with E-state index in [9.17, 15) is 9.59 Å². The van der Waals surface area contributed by atoms with Crippen LogP contribution in [0.15, 0.2) is 0 Å². The average Bonchev–Trinajstić information content (AvgIpc) is 2.78. The van der Waals surface area contributed by atoms with Gasteiger partial charge < -0.3 is 14.7 Å². The van der Waals surface area contributed by atoms with Gasteiger partial charge in [-0.05, 0) is 19.3 Å². The summed E-state index contributed by atoms with van der Waals surface area (Å²) < 4.78 is 5.39. The number of carboxylic acids is 1. The number of thioether (sulfide) groups is 1. The number of rotatable bonds is 2. The Balaban J connectivity index is 1.99. The van der Waals surface area contributed by atoms with E-state index in [0.717, 1.165) is 12.8 Å². The lowest BCUT2D eigenvalue weighted by Crippen LogP contribution is -2.47. The van der Waals surface area contributed by atoms with Crippen LogP contribution in [0.3, 0.4) is 0 Å². The molecule has 0 saturated carbocycles. The van der Waals surface area contributed by atoms with Crippen LogP contribution < -0.4 is 0 Å². The molecule has 2 saturated heterocycles. The molecule has 16 heavy (non-hydrogen) atoms. The number of aliphatic carboxylic acids is 1. The summed E-state index contributed by atoms with van der Waals surface area (Å²) in [5, 5.41) is 8.98. The molecule has 2 aliphatic rings. The summed E-state index contributed by atoms with van der Waals surface area (Å²) in [5.74, 6) is -0.130. The van der Waals surface area contributed by atoms with E-state index in [0.29, 0.717) is 24.7 Å². The Bertz CT molecular complexity index is 291. The molecule has 0 bridgehead atoms. The monoisotopic (exact) mass is 245 g/mol. The molecule has 6 heteroatoms. The maximum absolute atomic E-state index is 12.0. The van der Waals surface area contributed by atoms with E-state index in [2.05, 4.69) is 0 Å². The lowest BCUT2D eigenvalue weighted by molar-refractivity contribution is -0.155. The van der Waals surface area contributed by atoms with Crippen molar-refractivity contribution in [2.24, 2.45) is 0 Å². The van der Waals surface area contributed by atoms with Crippen molar-refractivity contribution in [1.82, 2.24) is 4.90 Å². The van der Waals surface area contributed by atoms with Gasteiger partial charge >= 0.3 is 5.97 Å². The van der Waals surface area contributed by atoms with E-state index < -0.39 is 18.1 Å². The quantitative estimate of drug-likeness (QED) is 0.769. The van der Waals surface area contributed by atoms with Crippen LogP contribution in [0.1, 0.15) is 19.3 Å². The maximum Gasteiger partial charge on any atom is 0.327 e. The van der Waals surface area contributed by atoms with Crippen molar-refractivity contribution in [3.8, 4) is 0 Å². The Hall–Kier alpha value is -0.750. The summed E-state index contributed by atoms with van der Waals surface area (Å²) in [6.07, 6.45) is 2.26. The number of carboxylic acid groups (broad SMARTS) is 1. The highest BCUT2D eigenvalue weighted by Crippen LogP contribution is 2.24. The second-order valence-corrected chi connectivity index (χ2v) is 5.02. The molecule has 2 unspecified atom stereocenters. The van der Waals surface area contributed by atoms with Crippen LogP contribution >= 0.6 is 11.8 Å². The summed E-state index contributed by atoms with van der Waals surface area (Å²) >= 11 is 1.48. The van der Waals surface area contributed by atoms with E-state index in [-0.39, 0.29) is 5.91 Å². The second-order valence-electron chi connectivity index (χ2n) is 4.02. The van der Waals surface area contributed by atoms with E-state index in [4.69, 9.17) is 9.84 Å². The van der Waals surface area contributed by atoms with Gasteiger partial charge in [-0.1, -0.05) is 0 Å². The van der Waals surface area contributed by atoms with Crippen molar-refractivity contribution in [2.75, 3.05) is 18.2 Å². The van der Waals surface area contributed by atoms with Crippen LogP contribution in [0, 0.1) is 0 Å². The van der Waals surface area contributed by atoms with Gasteiger partial charge in [0.2, 0.25) is 0 Å². The Morgan fingerprint density at radius 3 is 2.81 bits per heavy atom. The van der Waals surface area contributed by atoms with Crippen LogP contribution in [0.5, 0.6) is 0 Å². The molecule has 0 aromatic carbocycles. The first-order valence-electron chi connectivity index (χ1n) is 5.43. The highest BCUT2D eigenvalue weighted by atomic mass is 32.2. The number of amides is 1. The van der Waals surface area contributed by atoms with Crippen LogP contribution in [0.25, 0.3) is 0 Å². The molecule has 90 valence electrons. The zero-order chi connectivity index (χ0) is 11.5. The molecule has 2 atom stereocenters. The maximum atomic E-state index is 12.0. The zero-order valence-corrected chi connectivity index (χ0v) is 9.74. The molecule has 1 N–H and O–H groups in total. The third-order valence-corrected chi connectivity index (χ3v) is 3.92. The lowest BCUT2D eigenvalue weighted by Gasteiger charge is -2.28. The molecule has 2 heterocycles. The first-order chi connectivity index (χ1) is 7.70. The molecule has 1 amide bonds. The third-order valence-electron chi connectivity index (χ3n) is 2.91. The highest BCUT2D eigenvalue weighted by Gasteiger charge is 2.38. The minimum absolute atomic E-state index is 0.155. The van der Waals surface area contributed by atoms with E-state index in [1.807, 2.05) is 0 Å². The van der Waals surface area contributed by atoms with Gasteiger partial charge in [-0.25, -0.2) is 4.79 Å². The molecule has 0 aromatic rings. The van der Waals surface area contributed by atoms with Crippen LogP contribution in [0.2, 0.25) is 0 Å². The van der Waals surface area contributed by atoms with Gasteiger partial charge in [0.1, 0.15) is 12.1 Å². The standard InChI is InChI=1S/C10H15NO4S/c12-9(8-3-1-2-4-15-8)11-6-16-5-7(11)10(13)14/h7-8H,1-6H2,(H,13,14). The number of carbonyl (C=O) groups excluding carboxylic acids is 1. The SMILES string of the molecule is O=C(O)C1CSCN1C(=O)C1CCCCO1. The smallest absolute Gasteiger partial charge is 0.327 e. The summed E-state index contributed by atoms with van der Waals surface area (Å²) in [6, 6.07) is -0.678. The minimum Gasteiger partial charge on any atom is -0.480 e. The Morgan fingerprint density at radius 2 is 2.19 bits per heavy atom. The fourth-order valence-corrected chi connectivity index (χ4v) is 3.14. The van der Waals surface area contributed by atoms with Crippen molar-refractivity contribution < 1.29 is 19.4 Å². The van der Waals surface area contributed by atoms with Crippen molar-refractivity contribution in [2.45, 2.75) is 31.4 Å². The van der Waals surface area contributed by atoms with Crippen LogP contribution in [-0.2, 0) is 14.3 Å². The first kappa shape index (κ1) is 11.7. The first-order valence-corrected chi connectivity index (χ1v) is 6.58. The molecule has 0 aromatic heterocycles. The predicted octanol–water partition coefficient (Wildman–Crippen LogP) is 0.542. The summed E-state index contributed by atoms with van der Waals surface area (Å²) in [6.45, 7) is 0.606. The number of carbonyl (C=O) groups is 2. The molecular weight excluding hydrogens is 230 g/mol. The third kappa shape index (κ3) is 2.32. The number of hydrogen-bond donors (Lipinski definition) is 1. The molecule has 0 spiro atoms. The Morgan fingerprint density at radius 1 is 1.38 bits per heavy atom. The normalized spacial score (nSPS) is 30.4. The Labute approximate surface area is 98.1 Å².